The molecule has 2 nitrogen and oxygen atoms in total. The number of nitrogens with zero attached hydrogens (tertiary/aromatic N) is 1. The fourth-order valence-corrected chi connectivity index (χ4v) is 4.81. The fraction of sp³-hybridized carbons (Fsp3) is 0.793. The van der Waals surface area contributed by atoms with Crippen molar-refractivity contribution in [3.05, 3.63) is 35.9 Å². The molecule has 0 aliphatic rings. The molecule has 0 aliphatic carbocycles. The summed E-state index contributed by atoms with van der Waals surface area (Å²) in [6.07, 6.45) is 23.2. The Hall–Kier alpha value is -0.860. The molecule has 0 unspecified atom stereocenters. The normalized spacial score (nSPS) is 11.5. The highest BCUT2D eigenvalue weighted by atomic mass is 16.0. The highest BCUT2D eigenvalue weighted by Crippen LogP contribution is 2.18. The molecule has 1 N–H and O–H groups in total. The lowest BCUT2D eigenvalue weighted by Crippen LogP contribution is -2.47. The Labute approximate surface area is 195 Å². The lowest BCUT2D eigenvalue weighted by atomic mass is 10.0. The van der Waals surface area contributed by atoms with Gasteiger partial charge in [-0.15, -0.1) is 0 Å². The van der Waals surface area contributed by atoms with Crippen LogP contribution in [-0.4, -0.2) is 29.6 Å². The van der Waals surface area contributed by atoms with Gasteiger partial charge in [0.1, 0.15) is 6.54 Å². The first-order chi connectivity index (χ1) is 14.8. The molecule has 1 aromatic rings. The minimum absolute atomic E-state index is 0. The molecule has 0 spiro atoms. The van der Waals surface area contributed by atoms with Gasteiger partial charge in [-0.25, -0.2) is 0 Å². The average molecular weight is 434 g/mol. The van der Waals surface area contributed by atoms with Gasteiger partial charge in [0, 0.05) is 5.56 Å². The van der Waals surface area contributed by atoms with E-state index in [0.717, 1.165) is 0 Å². The third-order valence-electron chi connectivity index (χ3n) is 7.19. The first-order valence-corrected chi connectivity index (χ1v) is 13.7. The van der Waals surface area contributed by atoms with Gasteiger partial charge >= 0.3 is 0 Å². The van der Waals surface area contributed by atoms with E-state index in [9.17, 15) is 0 Å². The van der Waals surface area contributed by atoms with Crippen LogP contribution in [0.15, 0.2) is 30.3 Å². The molecule has 0 saturated carbocycles. The molecule has 31 heavy (non-hydrogen) atoms. The molecular formula is C29H55NO. The van der Waals surface area contributed by atoms with Crippen molar-refractivity contribution < 1.29 is 9.96 Å². The Morgan fingerprint density at radius 2 is 0.903 bits per heavy atom. The number of benzene rings is 1. The quantitative estimate of drug-likeness (QED) is 0.140. The molecule has 0 saturated heterocycles. The third-order valence-corrected chi connectivity index (χ3v) is 7.19. The minimum Gasteiger partial charge on any atom is -0.870 e. The van der Waals surface area contributed by atoms with Gasteiger partial charge in [-0.3, -0.25) is 0 Å². The molecule has 0 bridgehead atoms. The van der Waals surface area contributed by atoms with E-state index in [0.29, 0.717) is 0 Å². The molecule has 0 amide bonds. The van der Waals surface area contributed by atoms with E-state index in [2.05, 4.69) is 51.1 Å². The maximum absolute atomic E-state index is 2.37. The summed E-state index contributed by atoms with van der Waals surface area (Å²) in [6, 6.07) is 11.1. The molecule has 1 rings (SSSR count). The highest BCUT2D eigenvalue weighted by Gasteiger charge is 2.22. The van der Waals surface area contributed by atoms with E-state index in [-0.39, 0.29) is 5.48 Å². The number of quaternary nitrogens is 1. The van der Waals surface area contributed by atoms with E-state index in [1.807, 2.05) is 0 Å². The van der Waals surface area contributed by atoms with Crippen LogP contribution in [-0.2, 0) is 6.54 Å². The SMILES string of the molecule is CCCCCCCCCCCCCCCCCC[N+](CC)(CC)Cc1ccccc1.[OH-]. The summed E-state index contributed by atoms with van der Waals surface area (Å²) in [5.74, 6) is 0. The van der Waals surface area contributed by atoms with Crippen molar-refractivity contribution in [2.75, 3.05) is 19.6 Å². The Balaban J connectivity index is 0.00000900. The molecule has 0 atom stereocenters. The van der Waals surface area contributed by atoms with Crippen molar-refractivity contribution in [1.29, 1.82) is 0 Å². The highest BCUT2D eigenvalue weighted by molar-refractivity contribution is 5.13. The maximum Gasteiger partial charge on any atom is 0.104 e. The number of hydrogen-bond acceptors (Lipinski definition) is 1. The van der Waals surface area contributed by atoms with Gasteiger partial charge in [-0.1, -0.05) is 127 Å². The number of hydrogen-bond donors (Lipinski definition) is 0. The molecule has 2 heteroatoms. The van der Waals surface area contributed by atoms with Crippen molar-refractivity contribution in [3.8, 4) is 0 Å². The second-order valence-electron chi connectivity index (χ2n) is 9.64. The van der Waals surface area contributed by atoms with Gasteiger partial charge in [-0.05, 0) is 26.7 Å². The van der Waals surface area contributed by atoms with Gasteiger partial charge in [0.15, 0.2) is 0 Å². The van der Waals surface area contributed by atoms with Crippen LogP contribution in [0.2, 0.25) is 0 Å². The molecular weight excluding hydrogens is 378 g/mol. The van der Waals surface area contributed by atoms with Crippen LogP contribution >= 0.6 is 0 Å². The van der Waals surface area contributed by atoms with Gasteiger partial charge in [0.25, 0.3) is 0 Å². The van der Waals surface area contributed by atoms with E-state index in [1.165, 1.54) is 139 Å². The average Bonchev–Trinajstić information content (AvgIpc) is 2.78. The summed E-state index contributed by atoms with van der Waals surface area (Å²) in [7, 11) is 0. The topological polar surface area (TPSA) is 30.0 Å². The maximum atomic E-state index is 2.37. The van der Waals surface area contributed by atoms with Crippen LogP contribution in [0.1, 0.15) is 129 Å². The number of unbranched alkanes of at least 4 members (excludes halogenated alkanes) is 15. The van der Waals surface area contributed by atoms with Crippen LogP contribution in [0.4, 0.5) is 0 Å². The zero-order valence-corrected chi connectivity index (χ0v) is 21.4. The molecule has 0 radical (unpaired) electrons. The Morgan fingerprint density at radius 3 is 1.29 bits per heavy atom. The smallest absolute Gasteiger partial charge is 0.104 e. The molecule has 1 aromatic carbocycles. The molecule has 0 fully saturated rings. The van der Waals surface area contributed by atoms with E-state index in [4.69, 9.17) is 0 Å². The zero-order valence-electron chi connectivity index (χ0n) is 21.4. The van der Waals surface area contributed by atoms with Crippen LogP contribution in [0.5, 0.6) is 0 Å². The Kier molecular flexibility index (Phi) is 20.4. The van der Waals surface area contributed by atoms with Crippen molar-refractivity contribution >= 4 is 0 Å². The predicted molar refractivity (Wildman–Crippen MR) is 138 cm³/mol. The van der Waals surface area contributed by atoms with Crippen molar-refractivity contribution in [2.45, 2.75) is 130 Å². The van der Waals surface area contributed by atoms with Gasteiger partial charge in [0.05, 0.1) is 19.6 Å². The van der Waals surface area contributed by atoms with E-state index < -0.39 is 0 Å². The Morgan fingerprint density at radius 1 is 0.516 bits per heavy atom. The lowest BCUT2D eigenvalue weighted by Gasteiger charge is -2.37. The van der Waals surface area contributed by atoms with Gasteiger partial charge in [-0.2, -0.15) is 0 Å². The van der Waals surface area contributed by atoms with Crippen molar-refractivity contribution in [1.82, 2.24) is 0 Å². The van der Waals surface area contributed by atoms with Gasteiger partial charge < -0.3 is 9.96 Å². The summed E-state index contributed by atoms with van der Waals surface area (Å²) in [6.45, 7) is 12.1. The van der Waals surface area contributed by atoms with Crippen LogP contribution in [0, 0.1) is 0 Å². The standard InChI is InChI=1S/C29H54N.H2O/c1-4-7-8-9-10-11-12-13-14-15-16-17-18-19-20-24-27-30(5-2,6-3)28-29-25-22-21-23-26-29;/h21-23,25-26H,4-20,24,27-28H2,1-3H3;1H2/q+1;/p-1. The fourth-order valence-electron chi connectivity index (χ4n) is 4.81. The third kappa shape index (κ3) is 15.6. The first kappa shape index (κ1) is 30.1. The monoisotopic (exact) mass is 433 g/mol. The minimum atomic E-state index is 0. The largest absolute Gasteiger partial charge is 0.870 e. The summed E-state index contributed by atoms with van der Waals surface area (Å²) in [5.41, 5.74) is 1.50. The second-order valence-corrected chi connectivity index (χ2v) is 9.64. The van der Waals surface area contributed by atoms with Crippen LogP contribution in [0.3, 0.4) is 0 Å². The number of rotatable bonds is 21. The molecule has 0 aliphatic heterocycles. The van der Waals surface area contributed by atoms with E-state index >= 15 is 0 Å². The molecule has 182 valence electrons. The second kappa shape index (κ2) is 21.0. The zero-order chi connectivity index (χ0) is 21.8. The molecule has 0 heterocycles. The predicted octanol–water partition coefficient (Wildman–Crippen LogP) is 9.13. The van der Waals surface area contributed by atoms with Crippen LogP contribution < -0.4 is 0 Å². The van der Waals surface area contributed by atoms with Gasteiger partial charge in [0.2, 0.25) is 0 Å². The van der Waals surface area contributed by atoms with Crippen LogP contribution in [0.25, 0.3) is 0 Å². The van der Waals surface area contributed by atoms with Crippen molar-refractivity contribution in [3.63, 3.8) is 0 Å². The Bertz CT molecular complexity index is 469. The van der Waals surface area contributed by atoms with Crippen molar-refractivity contribution in [2.24, 2.45) is 0 Å². The summed E-state index contributed by atoms with van der Waals surface area (Å²) in [5, 5.41) is 0. The van der Waals surface area contributed by atoms with E-state index in [1.54, 1.807) is 0 Å². The first-order valence-electron chi connectivity index (χ1n) is 13.7. The summed E-state index contributed by atoms with van der Waals surface area (Å²) in [4.78, 5) is 0. The molecule has 0 aromatic heterocycles. The lowest BCUT2D eigenvalue weighted by molar-refractivity contribution is -0.938. The summed E-state index contributed by atoms with van der Waals surface area (Å²) < 4.78 is 1.25. The summed E-state index contributed by atoms with van der Waals surface area (Å²) >= 11 is 0.